The van der Waals surface area contributed by atoms with Gasteiger partial charge in [0.2, 0.25) is 5.88 Å². The molecule has 0 bridgehead atoms. The third-order valence-corrected chi connectivity index (χ3v) is 3.70. The molecular formula is C19H25IN4O3. The van der Waals surface area contributed by atoms with E-state index < -0.39 is 0 Å². The summed E-state index contributed by atoms with van der Waals surface area (Å²) in [7, 11) is 0. The number of hydrogen-bond acceptors (Lipinski definition) is 5. The number of pyridine rings is 1. The van der Waals surface area contributed by atoms with Gasteiger partial charge in [0.1, 0.15) is 0 Å². The van der Waals surface area contributed by atoms with Gasteiger partial charge in [0.25, 0.3) is 0 Å². The van der Waals surface area contributed by atoms with E-state index in [4.69, 9.17) is 19.9 Å². The van der Waals surface area contributed by atoms with Crippen LogP contribution in [0.15, 0.2) is 41.5 Å². The molecule has 0 unspecified atom stereocenters. The highest BCUT2D eigenvalue weighted by molar-refractivity contribution is 14.0. The monoisotopic (exact) mass is 484 g/mol. The van der Waals surface area contributed by atoms with Gasteiger partial charge in [0.15, 0.2) is 17.5 Å². The first kappa shape index (κ1) is 21.1. The first-order valence-electron chi connectivity index (χ1n) is 8.79. The summed E-state index contributed by atoms with van der Waals surface area (Å²) in [6.45, 7) is 4.47. The van der Waals surface area contributed by atoms with Gasteiger partial charge < -0.3 is 25.3 Å². The molecule has 0 aliphatic carbocycles. The number of aliphatic imine (C=N–C) groups is 1. The quantitative estimate of drug-likeness (QED) is 0.370. The highest BCUT2D eigenvalue weighted by Gasteiger charge is 2.10. The molecule has 3 N–H and O–H groups in total. The van der Waals surface area contributed by atoms with Gasteiger partial charge in [-0.25, -0.2) is 9.98 Å². The largest absolute Gasteiger partial charge is 0.490 e. The topological polar surface area (TPSA) is 91.0 Å². The second kappa shape index (κ2) is 10.8. The van der Waals surface area contributed by atoms with Crippen LogP contribution in [-0.4, -0.2) is 30.8 Å². The minimum atomic E-state index is 0. The van der Waals surface area contributed by atoms with Gasteiger partial charge in [0, 0.05) is 30.4 Å². The van der Waals surface area contributed by atoms with Gasteiger partial charge in [0.05, 0.1) is 26.4 Å². The fourth-order valence-electron chi connectivity index (χ4n) is 2.40. The van der Waals surface area contributed by atoms with E-state index in [1.54, 1.807) is 6.20 Å². The molecule has 1 aromatic heterocycles. The second-order valence-corrected chi connectivity index (χ2v) is 5.89. The van der Waals surface area contributed by atoms with E-state index in [0.717, 1.165) is 29.8 Å². The predicted molar refractivity (Wildman–Crippen MR) is 116 cm³/mol. The molecule has 2 heterocycles. The predicted octanol–water partition coefficient (Wildman–Crippen LogP) is 3.58. The lowest BCUT2D eigenvalue weighted by molar-refractivity contribution is 0.297. The molecule has 0 saturated carbocycles. The number of hydrogen-bond donors (Lipinski definition) is 2. The van der Waals surface area contributed by atoms with E-state index >= 15 is 0 Å². The summed E-state index contributed by atoms with van der Waals surface area (Å²) in [6.07, 6.45) is 3.57. The third-order valence-electron chi connectivity index (χ3n) is 3.70. The summed E-state index contributed by atoms with van der Waals surface area (Å²) < 4.78 is 16.8. The van der Waals surface area contributed by atoms with Crippen LogP contribution in [0.25, 0.3) is 0 Å². The Morgan fingerprint density at radius 3 is 2.78 bits per heavy atom. The third kappa shape index (κ3) is 6.46. The fraction of sp³-hybridized carbons (Fsp3) is 0.368. The minimum absolute atomic E-state index is 0. The molecule has 0 fully saturated rings. The molecule has 1 aliphatic heterocycles. The minimum Gasteiger partial charge on any atom is -0.490 e. The van der Waals surface area contributed by atoms with Gasteiger partial charge in [-0.3, -0.25) is 0 Å². The van der Waals surface area contributed by atoms with Crippen LogP contribution in [0.2, 0.25) is 0 Å². The first-order chi connectivity index (χ1) is 12.7. The maximum atomic E-state index is 5.98. The van der Waals surface area contributed by atoms with Crippen molar-refractivity contribution >= 4 is 35.6 Å². The van der Waals surface area contributed by atoms with Crippen LogP contribution in [0.5, 0.6) is 17.4 Å². The average molecular weight is 484 g/mol. The van der Waals surface area contributed by atoms with Crippen molar-refractivity contribution in [3.05, 3.63) is 42.1 Å². The summed E-state index contributed by atoms with van der Waals surface area (Å²) in [5.74, 6) is 2.41. The van der Waals surface area contributed by atoms with Crippen molar-refractivity contribution < 1.29 is 14.2 Å². The molecule has 0 amide bonds. The van der Waals surface area contributed by atoms with E-state index in [2.05, 4.69) is 22.2 Å². The average Bonchev–Trinajstić information content (AvgIpc) is 2.90. The number of aromatic nitrogens is 1. The molecule has 1 aromatic carbocycles. The fourth-order valence-corrected chi connectivity index (χ4v) is 2.40. The molecule has 3 rings (SSSR count). The first-order valence-corrected chi connectivity index (χ1v) is 8.79. The summed E-state index contributed by atoms with van der Waals surface area (Å²) in [5.41, 5.74) is 7.74. The zero-order valence-corrected chi connectivity index (χ0v) is 17.6. The van der Waals surface area contributed by atoms with E-state index in [9.17, 15) is 0 Å². The molecule has 0 atom stereocenters. The Balaban J connectivity index is 0.00000261. The molecule has 1 aliphatic rings. The van der Waals surface area contributed by atoms with Crippen LogP contribution < -0.4 is 25.3 Å². The van der Waals surface area contributed by atoms with Crippen molar-refractivity contribution in [3.8, 4) is 17.4 Å². The maximum Gasteiger partial charge on any atom is 0.213 e. The summed E-state index contributed by atoms with van der Waals surface area (Å²) in [6, 6.07) is 9.40. The van der Waals surface area contributed by atoms with Gasteiger partial charge in [-0.1, -0.05) is 13.0 Å². The Bertz CT molecular complexity index is 753. The molecule has 146 valence electrons. The Kier molecular flexibility index (Phi) is 8.43. The number of nitrogens with one attached hydrogen (secondary N) is 1. The Morgan fingerprint density at radius 1 is 1.22 bits per heavy atom. The number of halogens is 1. The van der Waals surface area contributed by atoms with Crippen LogP contribution in [0.1, 0.15) is 25.3 Å². The van der Waals surface area contributed by atoms with Gasteiger partial charge >= 0.3 is 0 Å². The van der Waals surface area contributed by atoms with Gasteiger partial charge in [-0.15, -0.1) is 24.0 Å². The number of ether oxygens (including phenoxy) is 3. The lowest BCUT2D eigenvalue weighted by atomic mass is 10.2. The van der Waals surface area contributed by atoms with E-state index in [0.29, 0.717) is 44.0 Å². The number of fused-ring (bicyclic) bond motifs is 1. The van der Waals surface area contributed by atoms with Crippen molar-refractivity contribution in [2.75, 3.05) is 25.1 Å². The standard InChI is InChI=1S/C19H24N4O3.HI/c1-2-8-26-18-7-4-14(12-21-18)13-22-19(20)23-15-5-6-16-17(11-15)25-10-3-9-24-16;/h4-7,11-12H,2-3,8-10,13H2,1H3,(H3,20,22,23);1H. The number of benzene rings is 1. The molecule has 0 radical (unpaired) electrons. The zero-order chi connectivity index (χ0) is 18.2. The summed E-state index contributed by atoms with van der Waals surface area (Å²) >= 11 is 0. The smallest absolute Gasteiger partial charge is 0.213 e. The van der Waals surface area contributed by atoms with E-state index in [-0.39, 0.29) is 24.0 Å². The number of nitrogens with two attached hydrogens (primary N) is 1. The van der Waals surface area contributed by atoms with Crippen LogP contribution in [0, 0.1) is 0 Å². The Hall–Kier alpha value is -2.23. The van der Waals surface area contributed by atoms with E-state index in [1.165, 1.54) is 0 Å². The highest BCUT2D eigenvalue weighted by Crippen LogP contribution is 2.32. The lowest BCUT2D eigenvalue weighted by Gasteiger charge is -2.10. The molecule has 8 heteroatoms. The summed E-state index contributed by atoms with van der Waals surface area (Å²) in [4.78, 5) is 8.59. The SMILES string of the molecule is CCCOc1ccc(CN=C(N)Nc2ccc3c(c2)OCCCO3)cn1.I. The number of guanidine groups is 1. The maximum absolute atomic E-state index is 5.98. The van der Waals surface area contributed by atoms with E-state index in [1.807, 2.05) is 30.3 Å². The Morgan fingerprint density at radius 2 is 2.04 bits per heavy atom. The van der Waals surface area contributed by atoms with Crippen molar-refractivity contribution in [1.29, 1.82) is 0 Å². The van der Waals surface area contributed by atoms with Crippen LogP contribution in [0.3, 0.4) is 0 Å². The van der Waals surface area contributed by atoms with Crippen LogP contribution in [0.4, 0.5) is 5.69 Å². The normalized spacial score (nSPS) is 13.3. The highest BCUT2D eigenvalue weighted by atomic mass is 127. The molecule has 0 saturated heterocycles. The molecule has 7 nitrogen and oxygen atoms in total. The van der Waals surface area contributed by atoms with Gasteiger partial charge in [-0.05, 0) is 24.1 Å². The number of anilines is 1. The molecule has 27 heavy (non-hydrogen) atoms. The zero-order valence-electron chi connectivity index (χ0n) is 15.3. The van der Waals surface area contributed by atoms with Gasteiger partial charge in [-0.2, -0.15) is 0 Å². The van der Waals surface area contributed by atoms with Crippen LogP contribution in [-0.2, 0) is 6.54 Å². The summed E-state index contributed by atoms with van der Waals surface area (Å²) in [5, 5.41) is 3.07. The van der Waals surface area contributed by atoms with Crippen molar-refractivity contribution in [1.82, 2.24) is 4.98 Å². The molecule has 2 aromatic rings. The van der Waals surface area contributed by atoms with Crippen molar-refractivity contribution in [2.45, 2.75) is 26.3 Å². The van der Waals surface area contributed by atoms with Crippen LogP contribution >= 0.6 is 24.0 Å². The molecule has 0 spiro atoms. The second-order valence-electron chi connectivity index (χ2n) is 5.89. The van der Waals surface area contributed by atoms with Crippen molar-refractivity contribution in [2.24, 2.45) is 10.7 Å². The Labute approximate surface area is 176 Å². The lowest BCUT2D eigenvalue weighted by Crippen LogP contribution is -2.22. The molecular weight excluding hydrogens is 459 g/mol. The van der Waals surface area contributed by atoms with Crippen molar-refractivity contribution in [3.63, 3.8) is 0 Å². The number of rotatable bonds is 6. The number of nitrogens with zero attached hydrogens (tertiary/aromatic N) is 2.